The maximum atomic E-state index is 14.2. The summed E-state index contributed by atoms with van der Waals surface area (Å²) >= 11 is 11.5. The van der Waals surface area contributed by atoms with Gasteiger partial charge in [0.25, 0.3) is 5.60 Å². The number of carbonyl (C=O) groups excluding carboxylic acids is 1. The molecule has 5 rings (SSSR count). The fourth-order valence-corrected chi connectivity index (χ4v) is 5.30. The third-order valence-electron chi connectivity index (χ3n) is 6.49. The quantitative estimate of drug-likeness (QED) is 0.292. The molecule has 1 fully saturated rings. The molecule has 34 heavy (non-hydrogen) atoms. The van der Waals surface area contributed by atoms with Gasteiger partial charge < -0.3 is 9.57 Å². The molecule has 5 nitrogen and oxygen atoms in total. The Morgan fingerprint density at radius 2 is 1.82 bits per heavy atom. The molecule has 1 saturated heterocycles. The van der Waals surface area contributed by atoms with E-state index >= 15 is 0 Å². The van der Waals surface area contributed by atoms with Crippen molar-refractivity contribution in [3.63, 3.8) is 0 Å². The topological polar surface area (TPSA) is 51.1 Å². The lowest BCUT2D eigenvalue weighted by atomic mass is 9.83. The van der Waals surface area contributed by atoms with E-state index in [0.717, 1.165) is 25.1 Å². The smallest absolute Gasteiger partial charge is 0.435 e. The maximum absolute atomic E-state index is 14.2. The van der Waals surface area contributed by atoms with Crippen LogP contribution in [0.3, 0.4) is 0 Å². The summed E-state index contributed by atoms with van der Waals surface area (Å²) in [6, 6.07) is 6.44. The molecule has 1 unspecified atom stereocenters. The van der Waals surface area contributed by atoms with Crippen LogP contribution in [0.25, 0.3) is 0 Å². The van der Waals surface area contributed by atoms with Crippen LogP contribution in [0, 0.1) is 5.82 Å². The number of rotatable bonds is 4. The molecule has 180 valence electrons. The molecule has 1 atom stereocenters. The number of fused-ring (bicyclic) bond motifs is 2. The van der Waals surface area contributed by atoms with Crippen LogP contribution in [0.2, 0.25) is 10.0 Å². The monoisotopic (exact) mass is 516 g/mol. The van der Waals surface area contributed by atoms with Crippen molar-refractivity contribution in [2.45, 2.75) is 37.1 Å². The normalized spacial score (nSPS) is 23.4. The van der Waals surface area contributed by atoms with Crippen molar-refractivity contribution < 1.29 is 31.9 Å². The second kappa shape index (κ2) is 7.83. The van der Waals surface area contributed by atoms with E-state index in [2.05, 4.69) is 17.0 Å². The van der Waals surface area contributed by atoms with Crippen molar-refractivity contribution in [2.75, 3.05) is 19.6 Å². The van der Waals surface area contributed by atoms with E-state index in [-0.39, 0.29) is 5.71 Å². The van der Waals surface area contributed by atoms with Gasteiger partial charge in [-0.15, -0.1) is 0 Å². The summed E-state index contributed by atoms with van der Waals surface area (Å²) in [7, 11) is 0. The zero-order chi connectivity index (χ0) is 24.5. The third kappa shape index (κ3) is 3.39. The predicted octanol–water partition coefficient (Wildman–Crippen LogP) is 5.81. The molecule has 0 radical (unpaired) electrons. The molecule has 3 heterocycles. The highest BCUT2D eigenvalue weighted by atomic mass is 35.5. The van der Waals surface area contributed by atoms with Crippen molar-refractivity contribution in [1.82, 2.24) is 4.90 Å². The van der Waals surface area contributed by atoms with Crippen molar-refractivity contribution in [1.29, 1.82) is 0 Å². The van der Waals surface area contributed by atoms with Crippen LogP contribution in [-0.4, -0.2) is 42.4 Å². The fourth-order valence-electron chi connectivity index (χ4n) is 4.81. The lowest BCUT2D eigenvalue weighted by Crippen LogP contribution is -2.59. The highest BCUT2D eigenvalue weighted by molar-refractivity contribution is 6.35. The first-order chi connectivity index (χ1) is 16.0. The highest BCUT2D eigenvalue weighted by Gasteiger charge is 2.63. The van der Waals surface area contributed by atoms with Crippen molar-refractivity contribution in [2.24, 2.45) is 5.16 Å². The van der Waals surface area contributed by atoms with Crippen molar-refractivity contribution in [3.8, 4) is 0 Å². The Balaban J connectivity index is 1.47. The van der Waals surface area contributed by atoms with Gasteiger partial charge in [0.15, 0.2) is 11.4 Å². The molecule has 3 aliphatic rings. The zero-order valence-electron chi connectivity index (χ0n) is 17.8. The van der Waals surface area contributed by atoms with Crippen LogP contribution >= 0.6 is 23.2 Å². The second-order valence-corrected chi connectivity index (χ2v) is 9.55. The van der Waals surface area contributed by atoms with Gasteiger partial charge in [0.1, 0.15) is 0 Å². The standard InChI is InChI=1S/C23H18Cl2F4N2O3/c1-2-5-31-10-21(11-31)15-4-3-12(6-14(15)20(32)33-21)18-9-22(34-30-18,23(27,28)29)13-7-16(24)19(26)17(25)8-13/h3-4,6-8H,2,5,9-11H2,1H3. The molecule has 0 saturated carbocycles. The molecular weight excluding hydrogens is 499 g/mol. The van der Waals surface area contributed by atoms with Crippen LogP contribution < -0.4 is 0 Å². The lowest BCUT2D eigenvalue weighted by Gasteiger charge is -2.46. The molecule has 0 aromatic heterocycles. The molecule has 0 aliphatic carbocycles. The summed E-state index contributed by atoms with van der Waals surface area (Å²) < 4.78 is 62.2. The molecule has 1 spiro atoms. The van der Waals surface area contributed by atoms with Gasteiger partial charge in [0.05, 0.1) is 21.3 Å². The summed E-state index contributed by atoms with van der Waals surface area (Å²) in [5.41, 5.74) is -2.81. The second-order valence-electron chi connectivity index (χ2n) is 8.74. The minimum atomic E-state index is -4.92. The minimum absolute atomic E-state index is 0.0216. The Morgan fingerprint density at radius 3 is 2.44 bits per heavy atom. The molecule has 11 heteroatoms. The van der Waals surface area contributed by atoms with Crippen molar-refractivity contribution in [3.05, 3.63) is 68.4 Å². The van der Waals surface area contributed by atoms with Crippen LogP contribution in [0.15, 0.2) is 35.5 Å². The van der Waals surface area contributed by atoms with E-state index in [9.17, 15) is 22.4 Å². The van der Waals surface area contributed by atoms with Crippen LogP contribution in [-0.2, 0) is 20.8 Å². The summed E-state index contributed by atoms with van der Waals surface area (Å²) in [4.78, 5) is 19.7. The lowest BCUT2D eigenvalue weighted by molar-refractivity contribution is -0.275. The first-order valence-corrected chi connectivity index (χ1v) is 11.3. The average Bonchev–Trinajstić information content (AvgIpc) is 3.33. The van der Waals surface area contributed by atoms with Crippen LogP contribution in [0.1, 0.15) is 46.8 Å². The number of likely N-dealkylation sites (tertiary alicyclic amines) is 1. The number of alkyl halides is 3. The number of halogens is 6. The summed E-state index contributed by atoms with van der Waals surface area (Å²) in [5, 5.41) is 2.57. The van der Waals surface area contributed by atoms with Crippen LogP contribution in [0.4, 0.5) is 17.6 Å². The zero-order valence-corrected chi connectivity index (χ0v) is 19.3. The van der Waals surface area contributed by atoms with E-state index < -0.39 is 51.2 Å². The van der Waals surface area contributed by atoms with Gasteiger partial charge in [-0.25, -0.2) is 9.18 Å². The Kier molecular flexibility index (Phi) is 5.38. The number of carbonyl (C=O) groups is 1. The van der Waals surface area contributed by atoms with E-state index in [1.165, 1.54) is 6.07 Å². The first kappa shape index (κ1) is 23.4. The largest absolute Gasteiger partial charge is 0.448 e. The van der Waals surface area contributed by atoms with E-state index in [1.807, 2.05) is 0 Å². The molecule has 2 aromatic carbocycles. The number of oxime groups is 1. The number of hydrogen-bond acceptors (Lipinski definition) is 5. The number of benzene rings is 2. The summed E-state index contributed by atoms with van der Waals surface area (Å²) in [6.07, 6.45) is -4.66. The van der Waals surface area contributed by atoms with Crippen LogP contribution in [0.5, 0.6) is 0 Å². The molecule has 3 aliphatic heterocycles. The molecular formula is C23H18Cl2F4N2O3. The van der Waals surface area contributed by atoms with Gasteiger partial charge in [-0.3, -0.25) is 4.90 Å². The van der Waals surface area contributed by atoms with Gasteiger partial charge in [-0.1, -0.05) is 47.4 Å². The predicted molar refractivity (Wildman–Crippen MR) is 117 cm³/mol. The van der Waals surface area contributed by atoms with Gasteiger partial charge in [0.2, 0.25) is 0 Å². The van der Waals surface area contributed by atoms with E-state index in [4.69, 9.17) is 32.8 Å². The van der Waals surface area contributed by atoms with E-state index in [1.54, 1.807) is 12.1 Å². The van der Waals surface area contributed by atoms with Gasteiger partial charge in [-0.2, -0.15) is 13.2 Å². The number of nitrogens with zero attached hydrogens (tertiary/aromatic N) is 2. The first-order valence-electron chi connectivity index (χ1n) is 10.6. The number of hydrogen-bond donors (Lipinski definition) is 0. The van der Waals surface area contributed by atoms with Gasteiger partial charge in [-0.05, 0) is 31.2 Å². The summed E-state index contributed by atoms with van der Waals surface area (Å²) in [6.45, 7) is 4.10. The number of esters is 1. The maximum Gasteiger partial charge on any atom is 0.435 e. The highest BCUT2D eigenvalue weighted by Crippen LogP contribution is 2.50. The average molecular weight is 517 g/mol. The minimum Gasteiger partial charge on any atom is -0.448 e. The third-order valence-corrected chi connectivity index (χ3v) is 7.04. The van der Waals surface area contributed by atoms with Gasteiger partial charge >= 0.3 is 12.1 Å². The molecule has 2 aromatic rings. The SMILES string of the molecule is CCCN1CC2(C1)OC(=O)c1cc(C3=NOC(c4cc(Cl)c(F)c(Cl)c4)(C(F)(F)F)C3)ccc12. The Morgan fingerprint density at radius 1 is 1.15 bits per heavy atom. The van der Waals surface area contributed by atoms with Gasteiger partial charge in [0, 0.05) is 36.2 Å². The van der Waals surface area contributed by atoms with Crippen molar-refractivity contribution >= 4 is 34.9 Å². The fraction of sp³-hybridized carbons (Fsp3) is 0.391. The number of ether oxygens (including phenoxy) is 1. The molecule has 0 amide bonds. The van der Waals surface area contributed by atoms with E-state index in [0.29, 0.717) is 29.8 Å². The Hall–Kier alpha value is -2.36. The Bertz CT molecular complexity index is 1200. The Labute approximate surface area is 202 Å². The molecule has 0 N–H and O–H groups in total. The molecule has 0 bridgehead atoms. The summed E-state index contributed by atoms with van der Waals surface area (Å²) in [5.74, 6) is -1.55.